The van der Waals surface area contributed by atoms with Crippen molar-refractivity contribution in [3.63, 3.8) is 0 Å². The highest BCUT2D eigenvalue weighted by Gasteiger charge is 2.13. The molecule has 4 aromatic heterocycles. The van der Waals surface area contributed by atoms with Gasteiger partial charge in [-0.2, -0.15) is 10.1 Å². The lowest BCUT2D eigenvalue weighted by atomic mass is 10.2. The Kier molecular flexibility index (Phi) is 3.95. The van der Waals surface area contributed by atoms with Crippen LogP contribution < -0.4 is 10.9 Å². The lowest BCUT2D eigenvalue weighted by Crippen LogP contribution is -2.28. The van der Waals surface area contributed by atoms with E-state index in [1.54, 1.807) is 29.7 Å². The molecular formula is C16H14N8O3. The first-order valence-corrected chi connectivity index (χ1v) is 7.98. The molecule has 11 nitrogen and oxygen atoms in total. The summed E-state index contributed by atoms with van der Waals surface area (Å²) in [5.41, 5.74) is 1.15. The van der Waals surface area contributed by atoms with E-state index < -0.39 is 5.91 Å². The minimum Gasteiger partial charge on any atom is -0.343 e. The summed E-state index contributed by atoms with van der Waals surface area (Å²) in [6, 6.07) is 6.22. The van der Waals surface area contributed by atoms with E-state index in [-0.39, 0.29) is 17.8 Å². The second kappa shape index (κ2) is 6.44. The molecule has 0 aliphatic carbocycles. The monoisotopic (exact) mass is 366 g/mol. The molecule has 0 spiro atoms. The SMILES string of the molecule is Cc1noc(-c2ccn3c(CNC(=O)c4ccc(=O)n(C)n4)nnc3c2)n1. The van der Waals surface area contributed by atoms with Crippen LogP contribution in [0.5, 0.6) is 0 Å². The molecule has 0 radical (unpaired) electrons. The zero-order valence-electron chi connectivity index (χ0n) is 14.4. The Hall–Kier alpha value is -3.89. The summed E-state index contributed by atoms with van der Waals surface area (Å²) in [5, 5.41) is 18.6. The van der Waals surface area contributed by atoms with Crippen molar-refractivity contribution in [2.45, 2.75) is 13.5 Å². The van der Waals surface area contributed by atoms with Crippen LogP contribution in [-0.2, 0) is 13.6 Å². The van der Waals surface area contributed by atoms with Crippen molar-refractivity contribution >= 4 is 11.6 Å². The third-order valence-corrected chi connectivity index (χ3v) is 3.86. The van der Waals surface area contributed by atoms with Crippen molar-refractivity contribution in [1.82, 2.24) is 39.8 Å². The van der Waals surface area contributed by atoms with E-state index in [4.69, 9.17) is 4.52 Å². The lowest BCUT2D eigenvalue weighted by molar-refractivity contribution is 0.0942. The molecule has 0 aromatic carbocycles. The first kappa shape index (κ1) is 16.6. The number of fused-ring (bicyclic) bond motifs is 1. The van der Waals surface area contributed by atoms with Gasteiger partial charge in [-0.25, -0.2) is 4.68 Å². The summed E-state index contributed by atoms with van der Waals surface area (Å²) >= 11 is 0. The Balaban J connectivity index is 1.53. The third-order valence-electron chi connectivity index (χ3n) is 3.86. The average Bonchev–Trinajstić information content (AvgIpc) is 3.27. The second-order valence-electron chi connectivity index (χ2n) is 5.77. The minimum atomic E-state index is -0.416. The van der Waals surface area contributed by atoms with Gasteiger partial charge < -0.3 is 9.84 Å². The molecule has 1 amide bonds. The molecule has 0 bridgehead atoms. The van der Waals surface area contributed by atoms with E-state index >= 15 is 0 Å². The summed E-state index contributed by atoms with van der Waals surface area (Å²) in [6.07, 6.45) is 1.76. The highest BCUT2D eigenvalue weighted by Crippen LogP contribution is 2.18. The molecule has 1 N–H and O–H groups in total. The number of hydrogen-bond donors (Lipinski definition) is 1. The molecule has 0 atom stereocenters. The molecule has 0 saturated heterocycles. The van der Waals surface area contributed by atoms with Crippen LogP contribution in [-0.4, -0.2) is 40.4 Å². The maximum atomic E-state index is 12.2. The zero-order chi connectivity index (χ0) is 19.0. The molecule has 0 aliphatic heterocycles. The predicted octanol–water partition coefficient (Wildman–Crippen LogP) is 0.111. The number of nitrogens with one attached hydrogen (secondary N) is 1. The number of carbonyl (C=O) groups excluding carboxylic acids is 1. The number of aromatic nitrogens is 7. The summed E-state index contributed by atoms with van der Waals surface area (Å²) in [6.45, 7) is 1.88. The van der Waals surface area contributed by atoms with Gasteiger partial charge in [0.25, 0.3) is 17.4 Å². The summed E-state index contributed by atoms with van der Waals surface area (Å²) < 4.78 is 7.98. The van der Waals surface area contributed by atoms with Crippen molar-refractivity contribution in [3.8, 4) is 11.5 Å². The van der Waals surface area contributed by atoms with Gasteiger partial charge in [0, 0.05) is 24.9 Å². The number of pyridine rings is 1. The quantitative estimate of drug-likeness (QED) is 0.538. The van der Waals surface area contributed by atoms with Crippen molar-refractivity contribution < 1.29 is 9.32 Å². The summed E-state index contributed by atoms with van der Waals surface area (Å²) in [7, 11) is 1.48. The predicted molar refractivity (Wildman–Crippen MR) is 91.7 cm³/mol. The van der Waals surface area contributed by atoms with Gasteiger partial charge in [-0.05, 0) is 25.1 Å². The average molecular weight is 366 g/mol. The molecular weight excluding hydrogens is 352 g/mol. The van der Waals surface area contributed by atoms with Gasteiger partial charge in [-0.1, -0.05) is 5.16 Å². The van der Waals surface area contributed by atoms with Crippen LogP contribution in [0.25, 0.3) is 17.1 Å². The number of rotatable bonds is 4. The number of aryl methyl sites for hydroxylation is 2. The normalized spacial score (nSPS) is 11.0. The van der Waals surface area contributed by atoms with Gasteiger partial charge in [-0.3, -0.25) is 14.0 Å². The Morgan fingerprint density at radius 1 is 1.26 bits per heavy atom. The largest absolute Gasteiger partial charge is 0.343 e. The molecule has 27 heavy (non-hydrogen) atoms. The van der Waals surface area contributed by atoms with Crippen LogP contribution in [0.15, 0.2) is 39.8 Å². The van der Waals surface area contributed by atoms with E-state index in [0.29, 0.717) is 23.2 Å². The molecule has 4 heterocycles. The van der Waals surface area contributed by atoms with Crippen LogP contribution in [0.4, 0.5) is 0 Å². The van der Waals surface area contributed by atoms with E-state index in [2.05, 4.69) is 30.8 Å². The number of carbonyl (C=O) groups is 1. The van der Waals surface area contributed by atoms with E-state index in [0.717, 1.165) is 10.2 Å². The smallest absolute Gasteiger partial charge is 0.272 e. The van der Waals surface area contributed by atoms with Crippen molar-refractivity contribution in [1.29, 1.82) is 0 Å². The fourth-order valence-electron chi connectivity index (χ4n) is 2.48. The van der Waals surface area contributed by atoms with Gasteiger partial charge >= 0.3 is 0 Å². The van der Waals surface area contributed by atoms with Gasteiger partial charge in [0.1, 0.15) is 5.69 Å². The third kappa shape index (κ3) is 3.17. The van der Waals surface area contributed by atoms with Gasteiger partial charge in [-0.15, -0.1) is 10.2 Å². The number of hydrogen-bond acceptors (Lipinski definition) is 8. The van der Waals surface area contributed by atoms with Crippen molar-refractivity contribution in [2.24, 2.45) is 7.05 Å². The second-order valence-corrected chi connectivity index (χ2v) is 5.77. The Bertz CT molecular complexity index is 1210. The molecule has 4 rings (SSSR count). The summed E-state index contributed by atoms with van der Waals surface area (Å²) in [4.78, 5) is 27.7. The number of nitrogens with zero attached hydrogens (tertiary/aromatic N) is 7. The standard InChI is InChI=1S/C16H14N8O3/c1-9-18-16(27-22-9)10-5-6-24-12(7-10)19-20-13(24)8-17-15(26)11-3-4-14(25)23(2)21-11/h3-7H,8H2,1-2H3,(H,17,26). The molecule has 0 saturated carbocycles. The lowest BCUT2D eigenvalue weighted by Gasteiger charge is -2.05. The maximum absolute atomic E-state index is 12.2. The maximum Gasteiger partial charge on any atom is 0.272 e. The minimum absolute atomic E-state index is 0.139. The molecule has 11 heteroatoms. The fourth-order valence-corrected chi connectivity index (χ4v) is 2.48. The molecule has 136 valence electrons. The number of amides is 1. The van der Waals surface area contributed by atoms with E-state index in [1.807, 2.05) is 0 Å². The molecule has 0 aliphatic rings. The Morgan fingerprint density at radius 3 is 2.85 bits per heavy atom. The van der Waals surface area contributed by atoms with Gasteiger partial charge in [0.2, 0.25) is 0 Å². The first-order chi connectivity index (χ1) is 13.0. The highest BCUT2D eigenvalue weighted by molar-refractivity contribution is 5.91. The fraction of sp³-hybridized carbons (Fsp3) is 0.188. The van der Waals surface area contributed by atoms with E-state index in [1.165, 1.54) is 19.2 Å². The van der Waals surface area contributed by atoms with Crippen LogP contribution in [0.2, 0.25) is 0 Å². The molecule has 0 fully saturated rings. The van der Waals surface area contributed by atoms with Crippen molar-refractivity contribution in [3.05, 3.63) is 58.2 Å². The Labute approximate surface area is 151 Å². The summed E-state index contributed by atoms with van der Waals surface area (Å²) in [5.74, 6) is 1.06. The van der Waals surface area contributed by atoms with Crippen LogP contribution in [0, 0.1) is 6.92 Å². The molecule has 0 unspecified atom stereocenters. The van der Waals surface area contributed by atoms with Gasteiger partial charge in [0.05, 0.1) is 6.54 Å². The zero-order valence-corrected chi connectivity index (χ0v) is 14.4. The highest BCUT2D eigenvalue weighted by atomic mass is 16.5. The first-order valence-electron chi connectivity index (χ1n) is 7.98. The van der Waals surface area contributed by atoms with Crippen molar-refractivity contribution in [2.75, 3.05) is 0 Å². The van der Waals surface area contributed by atoms with Crippen LogP contribution >= 0.6 is 0 Å². The Morgan fingerprint density at radius 2 is 2.11 bits per heavy atom. The van der Waals surface area contributed by atoms with Gasteiger partial charge in [0.15, 0.2) is 17.3 Å². The van der Waals surface area contributed by atoms with Crippen LogP contribution in [0.1, 0.15) is 22.1 Å². The van der Waals surface area contributed by atoms with Crippen LogP contribution in [0.3, 0.4) is 0 Å². The topological polar surface area (TPSA) is 133 Å². The molecule has 4 aromatic rings. The van der Waals surface area contributed by atoms with E-state index in [9.17, 15) is 9.59 Å².